The maximum absolute atomic E-state index is 14.8. The van der Waals surface area contributed by atoms with Crippen molar-refractivity contribution in [2.75, 3.05) is 11.9 Å². The van der Waals surface area contributed by atoms with Crippen LogP contribution in [-0.2, 0) is 38.5 Å². The molecule has 1 atom stereocenters. The van der Waals surface area contributed by atoms with Crippen molar-refractivity contribution >= 4 is 23.5 Å². The van der Waals surface area contributed by atoms with Crippen LogP contribution in [0.25, 0.3) is 0 Å². The van der Waals surface area contributed by atoms with E-state index in [1.54, 1.807) is 0 Å². The summed E-state index contributed by atoms with van der Waals surface area (Å²) >= 11 is 0. The zero-order chi connectivity index (χ0) is 27.8. The molecule has 0 saturated heterocycles. The van der Waals surface area contributed by atoms with Crippen molar-refractivity contribution in [3.05, 3.63) is 65.0 Å². The summed E-state index contributed by atoms with van der Waals surface area (Å²) in [5.41, 5.74) is 1.58. The number of alkyl halides is 3. The summed E-state index contributed by atoms with van der Waals surface area (Å²) in [6.07, 6.45) is -0.0754. The molecule has 2 fully saturated rings. The lowest BCUT2D eigenvalue weighted by Gasteiger charge is -2.37. The fraction of sp³-hybridized carbons (Fsp3) is 0.483. The number of nitrogens with zero attached hydrogens (tertiary/aromatic N) is 1. The molecular weight excluding hydrogens is 516 g/mol. The highest BCUT2D eigenvalue weighted by Gasteiger charge is 2.54. The molecule has 0 radical (unpaired) electrons. The van der Waals surface area contributed by atoms with Crippen LogP contribution in [0.2, 0.25) is 0 Å². The van der Waals surface area contributed by atoms with E-state index in [1.165, 1.54) is 23.3 Å². The van der Waals surface area contributed by atoms with Crippen molar-refractivity contribution in [3.63, 3.8) is 0 Å². The third kappa shape index (κ3) is 6.00. The van der Waals surface area contributed by atoms with Gasteiger partial charge in [0.25, 0.3) is 0 Å². The largest absolute Gasteiger partial charge is 0.491 e. The number of rotatable bonds is 7. The fourth-order valence-electron chi connectivity index (χ4n) is 5.94. The minimum atomic E-state index is -5.27. The number of benzene rings is 2. The van der Waals surface area contributed by atoms with Gasteiger partial charge in [0.05, 0.1) is 17.1 Å². The van der Waals surface area contributed by atoms with E-state index in [0.29, 0.717) is 12.1 Å². The number of amides is 1. The molecule has 1 aliphatic heterocycles. The van der Waals surface area contributed by atoms with Crippen molar-refractivity contribution in [1.29, 1.82) is 0 Å². The van der Waals surface area contributed by atoms with Gasteiger partial charge in [-0.05, 0) is 73.3 Å². The third-order valence-corrected chi connectivity index (χ3v) is 8.20. The van der Waals surface area contributed by atoms with Gasteiger partial charge in [-0.2, -0.15) is 13.2 Å². The number of hydrogen-bond acceptors (Lipinski definition) is 5. The van der Waals surface area contributed by atoms with E-state index >= 15 is 0 Å². The summed E-state index contributed by atoms with van der Waals surface area (Å²) in [5, 5.41) is 2.76. The third-order valence-electron chi connectivity index (χ3n) is 8.20. The Hall–Kier alpha value is -3.27. The van der Waals surface area contributed by atoms with Gasteiger partial charge in [0.2, 0.25) is 5.91 Å². The predicted octanol–water partition coefficient (Wildman–Crippen LogP) is 5.34. The highest BCUT2D eigenvalue weighted by molar-refractivity contribution is 5.95. The Bertz CT molecular complexity index is 1270. The van der Waals surface area contributed by atoms with Crippen LogP contribution in [0.5, 0.6) is 0 Å². The molecule has 2 saturated carbocycles. The number of ether oxygens (including phenoxy) is 1. The van der Waals surface area contributed by atoms with Gasteiger partial charge in [0.1, 0.15) is 5.82 Å². The Morgan fingerprint density at radius 2 is 1.74 bits per heavy atom. The summed E-state index contributed by atoms with van der Waals surface area (Å²) in [7, 11) is 0. The summed E-state index contributed by atoms with van der Waals surface area (Å²) in [6.45, 7) is 1.35. The second-order valence-electron chi connectivity index (χ2n) is 10.9. The smallest absolute Gasteiger partial charge is 0.386 e. The van der Waals surface area contributed by atoms with Crippen LogP contribution in [0, 0.1) is 17.2 Å². The Balaban J connectivity index is 1.31. The van der Waals surface area contributed by atoms with Crippen LogP contribution in [0.3, 0.4) is 0 Å². The minimum absolute atomic E-state index is 0.0327. The highest BCUT2D eigenvalue weighted by atomic mass is 19.4. The first kappa shape index (κ1) is 27.3. The maximum Gasteiger partial charge on any atom is 0.491 e. The second kappa shape index (κ2) is 10.7. The summed E-state index contributed by atoms with van der Waals surface area (Å²) in [6, 6.07) is 11.7. The molecule has 0 aromatic heterocycles. The van der Waals surface area contributed by atoms with Crippen LogP contribution in [0.15, 0.2) is 42.5 Å². The Morgan fingerprint density at radius 3 is 2.41 bits per heavy atom. The Morgan fingerprint density at radius 1 is 1.05 bits per heavy atom. The SMILES string of the molecule is O=C(Nc1cc(CC2(C(=O)OC(=O)C(F)(F)F)CC2)ccc1F)C(C1CCCC1)N1CCc2ccccc2C1. The van der Waals surface area contributed by atoms with Crippen LogP contribution in [0.4, 0.5) is 23.2 Å². The van der Waals surface area contributed by atoms with E-state index in [4.69, 9.17) is 0 Å². The first-order chi connectivity index (χ1) is 18.6. The van der Waals surface area contributed by atoms with Crippen LogP contribution in [0.1, 0.15) is 55.2 Å². The van der Waals surface area contributed by atoms with Crippen molar-refractivity contribution < 1.29 is 36.7 Å². The topological polar surface area (TPSA) is 75.7 Å². The molecule has 3 aliphatic rings. The van der Waals surface area contributed by atoms with E-state index in [-0.39, 0.29) is 36.8 Å². The molecule has 5 rings (SSSR count). The van der Waals surface area contributed by atoms with Gasteiger partial charge in [-0.3, -0.25) is 14.5 Å². The molecule has 1 amide bonds. The Labute approximate surface area is 223 Å². The van der Waals surface area contributed by atoms with Crippen LogP contribution < -0.4 is 5.32 Å². The average molecular weight is 547 g/mol. The fourth-order valence-corrected chi connectivity index (χ4v) is 5.94. The molecule has 10 heteroatoms. The number of nitrogens with one attached hydrogen (secondary N) is 1. The molecule has 2 aliphatic carbocycles. The Kier molecular flexibility index (Phi) is 7.50. The number of esters is 2. The van der Waals surface area contributed by atoms with Gasteiger partial charge in [-0.15, -0.1) is 0 Å². The van der Waals surface area contributed by atoms with Crippen molar-refractivity contribution in [2.45, 2.75) is 70.1 Å². The van der Waals surface area contributed by atoms with Crippen molar-refractivity contribution in [2.24, 2.45) is 11.3 Å². The van der Waals surface area contributed by atoms with Crippen molar-refractivity contribution in [3.8, 4) is 0 Å². The van der Waals surface area contributed by atoms with Crippen molar-refractivity contribution in [1.82, 2.24) is 4.90 Å². The number of carbonyl (C=O) groups is 3. The molecule has 1 unspecified atom stereocenters. The van der Waals surface area contributed by atoms with E-state index in [9.17, 15) is 31.9 Å². The van der Waals surface area contributed by atoms with Gasteiger partial charge < -0.3 is 10.1 Å². The molecule has 1 N–H and O–H groups in total. The van der Waals surface area contributed by atoms with Gasteiger partial charge >= 0.3 is 18.1 Å². The maximum atomic E-state index is 14.8. The second-order valence-corrected chi connectivity index (χ2v) is 10.9. The number of carbonyl (C=O) groups excluding carboxylic acids is 3. The average Bonchev–Trinajstić information content (AvgIpc) is 3.49. The number of hydrogen-bond donors (Lipinski definition) is 1. The van der Waals surface area contributed by atoms with Gasteiger partial charge in [-0.25, -0.2) is 9.18 Å². The van der Waals surface area contributed by atoms with E-state index in [1.807, 2.05) is 12.1 Å². The quantitative estimate of drug-likeness (QED) is 0.289. The van der Waals surface area contributed by atoms with Crippen LogP contribution in [-0.4, -0.2) is 41.5 Å². The molecular formula is C29H30F4N2O4. The molecule has 1 heterocycles. The zero-order valence-corrected chi connectivity index (χ0v) is 21.4. The lowest BCUT2D eigenvalue weighted by Crippen LogP contribution is -2.50. The molecule has 2 aromatic rings. The number of fused-ring (bicyclic) bond motifs is 1. The molecule has 0 spiro atoms. The standard InChI is InChI=1S/C29H30F4N2O4/c30-22-10-9-18(16-28(12-13-28)26(37)39-27(38)29(31,32)33)15-23(22)34-25(36)24(20-6-2-3-7-20)35-14-11-19-5-1-4-8-21(19)17-35/h1,4-5,8-10,15,20,24H,2-3,6-7,11-14,16-17H2,(H,34,36). The summed E-state index contributed by atoms with van der Waals surface area (Å²) < 4.78 is 56.5. The molecule has 2 aromatic carbocycles. The van der Waals surface area contributed by atoms with E-state index in [2.05, 4.69) is 27.1 Å². The van der Waals surface area contributed by atoms with Gasteiger partial charge in [0.15, 0.2) is 0 Å². The first-order valence-electron chi connectivity index (χ1n) is 13.3. The minimum Gasteiger partial charge on any atom is -0.386 e. The molecule has 0 bridgehead atoms. The van der Waals surface area contributed by atoms with Crippen LogP contribution >= 0.6 is 0 Å². The van der Waals surface area contributed by atoms with Gasteiger partial charge in [0, 0.05) is 13.1 Å². The lowest BCUT2D eigenvalue weighted by atomic mass is 9.91. The normalized spacial score (nSPS) is 19.7. The first-order valence-corrected chi connectivity index (χ1v) is 13.3. The monoisotopic (exact) mass is 546 g/mol. The summed E-state index contributed by atoms with van der Waals surface area (Å²) in [5.74, 6) is -4.60. The van der Waals surface area contributed by atoms with E-state index < -0.39 is 35.4 Å². The number of anilines is 1. The zero-order valence-electron chi connectivity index (χ0n) is 21.4. The molecule has 208 valence electrons. The van der Waals surface area contributed by atoms with E-state index in [0.717, 1.165) is 44.7 Å². The van der Waals surface area contributed by atoms with Gasteiger partial charge in [-0.1, -0.05) is 43.2 Å². The molecule has 39 heavy (non-hydrogen) atoms. The molecule has 6 nitrogen and oxygen atoms in total. The lowest BCUT2D eigenvalue weighted by molar-refractivity contribution is -0.203. The highest BCUT2D eigenvalue weighted by Crippen LogP contribution is 2.50. The summed E-state index contributed by atoms with van der Waals surface area (Å²) in [4.78, 5) is 39.3. The number of halogens is 4. The predicted molar refractivity (Wildman–Crippen MR) is 134 cm³/mol.